The minimum atomic E-state index is -0.673. The van der Waals surface area contributed by atoms with Crippen molar-refractivity contribution >= 4 is 11.6 Å². The number of nitro groups is 1. The van der Waals surface area contributed by atoms with Gasteiger partial charge >= 0.3 is 0 Å². The van der Waals surface area contributed by atoms with Crippen molar-refractivity contribution in [3.8, 4) is 0 Å². The molecule has 0 spiro atoms. The summed E-state index contributed by atoms with van der Waals surface area (Å²) in [6, 6.07) is 3.04. The van der Waals surface area contributed by atoms with Gasteiger partial charge in [0, 0.05) is 19.2 Å². The van der Waals surface area contributed by atoms with Crippen LogP contribution in [-0.4, -0.2) is 28.8 Å². The zero-order chi connectivity index (χ0) is 12.6. The number of amides is 1. The molecule has 1 amide bonds. The number of carbonyl (C=O) groups excluding carboxylic acids is 1. The quantitative estimate of drug-likeness (QED) is 0.597. The van der Waals surface area contributed by atoms with Gasteiger partial charge in [-0.3, -0.25) is 14.9 Å². The fourth-order valence-corrected chi connectivity index (χ4v) is 1.66. The van der Waals surface area contributed by atoms with Crippen molar-refractivity contribution in [2.24, 2.45) is 0 Å². The minimum absolute atomic E-state index is 0.130. The molecule has 1 aromatic carbocycles. The second kappa shape index (κ2) is 4.12. The van der Waals surface area contributed by atoms with Crippen LogP contribution in [0.5, 0.6) is 0 Å². The van der Waals surface area contributed by atoms with Crippen LogP contribution in [0, 0.1) is 15.9 Å². The van der Waals surface area contributed by atoms with Crippen molar-refractivity contribution < 1.29 is 14.1 Å². The summed E-state index contributed by atoms with van der Waals surface area (Å²) < 4.78 is 13.1. The van der Waals surface area contributed by atoms with Crippen LogP contribution in [0.1, 0.15) is 23.2 Å². The Labute approximate surface area is 97.0 Å². The molecule has 1 saturated carbocycles. The molecule has 0 saturated heterocycles. The van der Waals surface area contributed by atoms with Crippen molar-refractivity contribution in [2.75, 3.05) is 7.05 Å². The van der Waals surface area contributed by atoms with E-state index in [0.29, 0.717) is 0 Å². The van der Waals surface area contributed by atoms with Gasteiger partial charge in [0.1, 0.15) is 11.4 Å². The lowest BCUT2D eigenvalue weighted by Crippen LogP contribution is -2.29. The Morgan fingerprint density at radius 1 is 1.53 bits per heavy atom. The van der Waals surface area contributed by atoms with E-state index in [1.165, 1.54) is 4.90 Å². The van der Waals surface area contributed by atoms with E-state index >= 15 is 0 Å². The largest absolute Gasteiger partial charge is 0.339 e. The van der Waals surface area contributed by atoms with Crippen LogP contribution in [0.4, 0.5) is 10.1 Å². The lowest BCUT2D eigenvalue weighted by Gasteiger charge is -2.16. The maximum absolute atomic E-state index is 13.1. The van der Waals surface area contributed by atoms with Gasteiger partial charge in [-0.25, -0.2) is 4.39 Å². The number of hydrogen-bond acceptors (Lipinski definition) is 3. The lowest BCUT2D eigenvalue weighted by molar-refractivity contribution is -0.385. The van der Waals surface area contributed by atoms with E-state index in [1.54, 1.807) is 7.05 Å². The first-order chi connectivity index (χ1) is 8.00. The van der Waals surface area contributed by atoms with Gasteiger partial charge in [0.2, 0.25) is 0 Å². The summed E-state index contributed by atoms with van der Waals surface area (Å²) >= 11 is 0. The molecule has 0 aliphatic heterocycles. The summed E-state index contributed by atoms with van der Waals surface area (Å²) in [5.41, 5.74) is -0.548. The highest BCUT2D eigenvalue weighted by molar-refractivity contribution is 5.98. The van der Waals surface area contributed by atoms with Gasteiger partial charge < -0.3 is 4.90 Å². The predicted molar refractivity (Wildman–Crippen MR) is 58.2 cm³/mol. The van der Waals surface area contributed by atoms with Crippen molar-refractivity contribution in [2.45, 2.75) is 18.9 Å². The first-order valence-electron chi connectivity index (χ1n) is 5.22. The number of hydrogen-bond donors (Lipinski definition) is 0. The summed E-state index contributed by atoms with van der Waals surface area (Å²) in [5.74, 6) is -1.15. The van der Waals surface area contributed by atoms with Crippen LogP contribution in [0.25, 0.3) is 0 Å². The summed E-state index contributed by atoms with van der Waals surface area (Å²) in [6.45, 7) is 0. The third-order valence-electron chi connectivity index (χ3n) is 2.80. The topological polar surface area (TPSA) is 63.5 Å². The predicted octanol–water partition coefficient (Wildman–Crippen LogP) is 1.97. The molecule has 1 aliphatic carbocycles. The highest BCUT2D eigenvalue weighted by Gasteiger charge is 2.33. The molecule has 90 valence electrons. The number of rotatable bonds is 3. The molecule has 2 rings (SSSR count). The average molecular weight is 238 g/mol. The molecule has 1 fully saturated rings. The van der Waals surface area contributed by atoms with E-state index in [4.69, 9.17) is 0 Å². The zero-order valence-electron chi connectivity index (χ0n) is 9.22. The normalized spacial score (nSPS) is 14.5. The maximum Gasteiger partial charge on any atom is 0.282 e. The molecule has 0 heterocycles. The molecular weight excluding hydrogens is 227 g/mol. The van der Waals surface area contributed by atoms with Crippen LogP contribution in [0.3, 0.4) is 0 Å². The van der Waals surface area contributed by atoms with E-state index in [2.05, 4.69) is 0 Å². The van der Waals surface area contributed by atoms with Crippen molar-refractivity contribution in [3.63, 3.8) is 0 Å². The number of carbonyl (C=O) groups is 1. The van der Waals surface area contributed by atoms with E-state index in [9.17, 15) is 19.3 Å². The molecule has 0 N–H and O–H groups in total. The average Bonchev–Trinajstić information content (AvgIpc) is 3.10. The summed E-state index contributed by atoms with van der Waals surface area (Å²) in [4.78, 5) is 23.5. The van der Waals surface area contributed by atoms with Gasteiger partial charge in [0.05, 0.1) is 4.92 Å². The molecular formula is C11H11FN2O3. The summed E-state index contributed by atoms with van der Waals surface area (Å²) in [7, 11) is 1.58. The molecule has 1 aliphatic rings. The van der Waals surface area contributed by atoms with Gasteiger partial charge in [-0.05, 0) is 25.0 Å². The molecule has 1 aromatic rings. The van der Waals surface area contributed by atoms with Gasteiger partial charge in [0.25, 0.3) is 11.6 Å². The van der Waals surface area contributed by atoms with Crippen LogP contribution in [-0.2, 0) is 0 Å². The smallest absolute Gasteiger partial charge is 0.282 e. The van der Waals surface area contributed by atoms with Gasteiger partial charge in [-0.2, -0.15) is 0 Å². The van der Waals surface area contributed by atoms with E-state index in [0.717, 1.165) is 31.0 Å². The molecule has 5 nitrogen and oxygen atoms in total. The van der Waals surface area contributed by atoms with Crippen LogP contribution in [0.2, 0.25) is 0 Å². The monoisotopic (exact) mass is 238 g/mol. The second-order valence-electron chi connectivity index (χ2n) is 4.07. The summed E-state index contributed by atoms with van der Waals surface area (Å²) in [5, 5.41) is 10.8. The Hall–Kier alpha value is -1.98. The van der Waals surface area contributed by atoms with Crippen LogP contribution >= 0.6 is 0 Å². The Morgan fingerprint density at radius 2 is 2.18 bits per heavy atom. The molecule has 0 aromatic heterocycles. The maximum atomic E-state index is 13.1. The van der Waals surface area contributed by atoms with Crippen molar-refractivity contribution in [1.29, 1.82) is 0 Å². The Kier molecular flexibility index (Phi) is 2.79. The van der Waals surface area contributed by atoms with E-state index < -0.39 is 16.6 Å². The minimum Gasteiger partial charge on any atom is -0.339 e. The van der Waals surface area contributed by atoms with Crippen molar-refractivity contribution in [1.82, 2.24) is 4.90 Å². The fourth-order valence-electron chi connectivity index (χ4n) is 1.66. The lowest BCUT2D eigenvalue weighted by atomic mass is 10.1. The zero-order valence-corrected chi connectivity index (χ0v) is 9.22. The van der Waals surface area contributed by atoms with Gasteiger partial charge in [0.15, 0.2) is 0 Å². The first kappa shape index (κ1) is 11.5. The number of nitro benzene ring substituents is 1. The third-order valence-corrected chi connectivity index (χ3v) is 2.80. The SMILES string of the molecule is CN(C(=O)c1cc(F)ccc1[N+](=O)[O-])C1CC1. The van der Waals surface area contributed by atoms with Crippen LogP contribution in [0.15, 0.2) is 18.2 Å². The van der Waals surface area contributed by atoms with Crippen LogP contribution < -0.4 is 0 Å². The number of halogens is 1. The Morgan fingerprint density at radius 3 is 2.71 bits per heavy atom. The number of benzene rings is 1. The first-order valence-corrected chi connectivity index (χ1v) is 5.22. The molecule has 0 atom stereocenters. The highest BCUT2D eigenvalue weighted by Crippen LogP contribution is 2.29. The molecule has 0 bridgehead atoms. The molecule has 6 heteroatoms. The third kappa shape index (κ3) is 2.25. The fraction of sp³-hybridized carbons (Fsp3) is 0.364. The standard InChI is InChI=1S/C11H11FN2O3/c1-13(8-3-4-8)11(15)9-6-7(12)2-5-10(9)14(16)17/h2,5-6,8H,3-4H2,1H3. The molecule has 0 unspecified atom stereocenters. The van der Waals surface area contributed by atoms with Gasteiger partial charge in [-0.15, -0.1) is 0 Å². The summed E-state index contributed by atoms with van der Waals surface area (Å²) in [6.07, 6.45) is 1.79. The Balaban J connectivity index is 2.38. The molecule has 17 heavy (non-hydrogen) atoms. The van der Waals surface area contributed by atoms with Gasteiger partial charge in [-0.1, -0.05) is 0 Å². The second-order valence-corrected chi connectivity index (χ2v) is 4.07. The molecule has 0 radical (unpaired) electrons. The number of nitrogens with zero attached hydrogens (tertiary/aromatic N) is 2. The van der Waals surface area contributed by atoms with E-state index in [-0.39, 0.29) is 17.3 Å². The van der Waals surface area contributed by atoms with E-state index in [1.807, 2.05) is 0 Å². The highest BCUT2D eigenvalue weighted by atomic mass is 19.1. The Bertz CT molecular complexity index is 486. The van der Waals surface area contributed by atoms with Crippen molar-refractivity contribution in [3.05, 3.63) is 39.7 Å².